The van der Waals surface area contributed by atoms with Crippen molar-refractivity contribution in [2.75, 3.05) is 62.4 Å². The first-order valence-corrected chi connectivity index (χ1v) is 20.7. The van der Waals surface area contributed by atoms with Crippen LogP contribution in [0, 0.1) is 0 Å². The number of hydrogen-bond acceptors (Lipinski definition) is 14. The van der Waals surface area contributed by atoms with Gasteiger partial charge in [-0.05, 0) is 48.5 Å². The molecular formula is C44H46N16O2. The van der Waals surface area contributed by atoms with Crippen LogP contribution in [0.5, 0.6) is 0 Å². The number of benzene rings is 1. The third-order valence-corrected chi connectivity index (χ3v) is 10.4. The van der Waals surface area contributed by atoms with Crippen LogP contribution >= 0.6 is 0 Å². The highest BCUT2D eigenvalue weighted by atomic mass is 16.5. The Morgan fingerprint density at radius 2 is 1.06 bits per heavy atom. The Hall–Kier alpha value is -7.44. The lowest BCUT2D eigenvalue weighted by molar-refractivity contribution is 0.122. The number of para-hydroxylation sites is 1. The van der Waals surface area contributed by atoms with E-state index in [2.05, 4.69) is 24.9 Å². The molecule has 0 radical (unpaired) electrons. The number of imidazole rings is 2. The van der Waals surface area contributed by atoms with E-state index in [-0.39, 0.29) is 0 Å². The quantitative estimate of drug-likeness (QED) is 0.195. The molecule has 0 saturated carbocycles. The van der Waals surface area contributed by atoms with E-state index >= 15 is 0 Å². The molecule has 0 N–H and O–H groups in total. The first-order chi connectivity index (χ1) is 30.6. The molecule has 2 saturated heterocycles. The largest absolute Gasteiger partial charge is 0.378 e. The van der Waals surface area contributed by atoms with Crippen LogP contribution in [-0.4, -0.2) is 121 Å². The second-order valence-corrected chi connectivity index (χ2v) is 14.2. The van der Waals surface area contributed by atoms with E-state index in [1.54, 1.807) is 35.7 Å². The third-order valence-electron chi connectivity index (χ3n) is 10.4. The molecule has 9 aromatic rings. The van der Waals surface area contributed by atoms with Crippen LogP contribution in [0.3, 0.4) is 0 Å². The van der Waals surface area contributed by atoms with Crippen molar-refractivity contribution in [1.82, 2.24) is 68.6 Å². The Bertz CT molecular complexity index is 2870. The SMILES string of the molecule is CC.Cn1c(-c2ccncc2)nc2c(N3CCOCC3)nc(-c3ccn(-c4ccccc4)n3)nc21.Cn1c(-c2ccncc2)nc2c(N3CCOCC3)nc(-n3cccn3)nc21. The van der Waals surface area contributed by atoms with Gasteiger partial charge in [-0.2, -0.15) is 20.2 Å². The summed E-state index contributed by atoms with van der Waals surface area (Å²) in [5.74, 6) is 4.37. The molecule has 18 nitrogen and oxygen atoms in total. The maximum atomic E-state index is 5.57. The number of morpholine rings is 2. The molecular weight excluding hydrogens is 785 g/mol. The lowest BCUT2D eigenvalue weighted by Gasteiger charge is -2.28. The molecule has 0 amide bonds. The highest BCUT2D eigenvalue weighted by Crippen LogP contribution is 2.32. The number of nitrogens with zero attached hydrogens (tertiary/aromatic N) is 16. The molecule has 18 heteroatoms. The summed E-state index contributed by atoms with van der Waals surface area (Å²) in [6, 6.07) is 21.6. The van der Waals surface area contributed by atoms with Gasteiger partial charge in [-0.1, -0.05) is 32.0 Å². The molecule has 10 heterocycles. The second-order valence-electron chi connectivity index (χ2n) is 14.2. The second kappa shape index (κ2) is 18.0. The lowest BCUT2D eigenvalue weighted by Crippen LogP contribution is -2.37. The molecule has 0 bridgehead atoms. The van der Waals surface area contributed by atoms with Gasteiger partial charge in [0.15, 0.2) is 39.8 Å². The number of anilines is 2. The average molecular weight is 831 g/mol. The van der Waals surface area contributed by atoms with Crippen molar-refractivity contribution in [3.8, 4) is 45.9 Å². The molecule has 0 aliphatic carbocycles. The van der Waals surface area contributed by atoms with Gasteiger partial charge < -0.3 is 28.4 Å². The highest BCUT2D eigenvalue weighted by Gasteiger charge is 2.25. The van der Waals surface area contributed by atoms with E-state index in [4.69, 9.17) is 44.5 Å². The Morgan fingerprint density at radius 3 is 1.61 bits per heavy atom. The van der Waals surface area contributed by atoms with E-state index in [0.29, 0.717) is 43.9 Å². The summed E-state index contributed by atoms with van der Waals surface area (Å²) in [5, 5.41) is 9.03. The van der Waals surface area contributed by atoms with Gasteiger partial charge in [0, 0.05) is 94.8 Å². The number of aryl methyl sites for hydroxylation is 2. The van der Waals surface area contributed by atoms with Gasteiger partial charge >= 0.3 is 0 Å². The van der Waals surface area contributed by atoms with Crippen LogP contribution in [0.4, 0.5) is 11.6 Å². The first kappa shape index (κ1) is 40.0. The summed E-state index contributed by atoms with van der Waals surface area (Å²) in [7, 11) is 3.95. The van der Waals surface area contributed by atoms with Crippen molar-refractivity contribution >= 4 is 34.0 Å². The topological polar surface area (TPSA) is 174 Å². The van der Waals surface area contributed by atoms with Crippen molar-refractivity contribution in [2.45, 2.75) is 13.8 Å². The molecule has 2 fully saturated rings. The van der Waals surface area contributed by atoms with Gasteiger partial charge in [0.05, 0.1) is 32.1 Å². The van der Waals surface area contributed by atoms with Crippen molar-refractivity contribution in [1.29, 1.82) is 0 Å². The van der Waals surface area contributed by atoms with E-state index < -0.39 is 0 Å². The number of pyridine rings is 2. The van der Waals surface area contributed by atoms with Crippen LogP contribution in [0.15, 0.2) is 110 Å². The number of ether oxygens (including phenoxy) is 2. The Balaban J connectivity index is 0.000000155. The molecule has 0 unspecified atom stereocenters. The van der Waals surface area contributed by atoms with Crippen molar-refractivity contribution in [3.63, 3.8) is 0 Å². The molecule has 0 atom stereocenters. The Labute approximate surface area is 357 Å². The summed E-state index contributed by atoms with van der Waals surface area (Å²) >= 11 is 0. The monoisotopic (exact) mass is 830 g/mol. The molecule has 62 heavy (non-hydrogen) atoms. The minimum atomic E-state index is 0.526. The zero-order valence-electron chi connectivity index (χ0n) is 35.0. The van der Waals surface area contributed by atoms with Gasteiger partial charge in [0.1, 0.15) is 17.3 Å². The van der Waals surface area contributed by atoms with Crippen LogP contribution < -0.4 is 9.80 Å². The minimum Gasteiger partial charge on any atom is -0.378 e. The van der Waals surface area contributed by atoms with Gasteiger partial charge in [0.2, 0.25) is 0 Å². The maximum absolute atomic E-state index is 5.57. The predicted molar refractivity (Wildman–Crippen MR) is 236 cm³/mol. The van der Waals surface area contributed by atoms with Crippen LogP contribution in [-0.2, 0) is 23.6 Å². The van der Waals surface area contributed by atoms with E-state index in [1.807, 2.05) is 121 Å². The standard InChI is InChI=1S/C24H22N8O.C18H18N8O.C2H6/c1-30-22(17-7-10-25-11-8-17)26-20-23(30)27-21(28-24(20)31-13-15-33-16-14-31)19-9-12-32(29-19)18-5-3-2-4-6-18;1-24-15(13-3-6-19-7-4-13)21-14-16(24)22-18(26-8-2-5-20-26)23-17(14)25-9-11-27-12-10-25;1-2/h2-12H,13-16H2,1H3;2-8H,9-12H2,1H3;1-2H3. The number of aromatic nitrogens is 14. The fraction of sp³-hybridized carbons (Fsp3) is 0.273. The summed E-state index contributed by atoms with van der Waals surface area (Å²) < 4.78 is 18.6. The minimum absolute atomic E-state index is 0.526. The van der Waals surface area contributed by atoms with Crippen molar-refractivity contribution in [3.05, 3.63) is 110 Å². The molecule has 11 rings (SSSR count). The maximum Gasteiger partial charge on any atom is 0.254 e. The number of fused-ring (bicyclic) bond motifs is 2. The normalized spacial score (nSPS) is 14.1. The van der Waals surface area contributed by atoms with E-state index in [0.717, 1.165) is 88.6 Å². The fourth-order valence-corrected chi connectivity index (χ4v) is 7.36. The zero-order valence-corrected chi connectivity index (χ0v) is 35.0. The summed E-state index contributed by atoms with van der Waals surface area (Å²) in [4.78, 5) is 41.8. The van der Waals surface area contributed by atoms with Crippen LogP contribution in [0.1, 0.15) is 13.8 Å². The van der Waals surface area contributed by atoms with Crippen LogP contribution in [0.25, 0.3) is 68.3 Å². The Morgan fingerprint density at radius 1 is 0.516 bits per heavy atom. The molecule has 8 aromatic heterocycles. The van der Waals surface area contributed by atoms with E-state index in [1.165, 1.54) is 0 Å². The molecule has 1 aromatic carbocycles. The first-order valence-electron chi connectivity index (χ1n) is 20.7. The third kappa shape index (κ3) is 7.95. The van der Waals surface area contributed by atoms with Gasteiger partial charge in [-0.25, -0.2) is 29.3 Å². The lowest BCUT2D eigenvalue weighted by atomic mass is 10.2. The molecule has 314 valence electrons. The number of hydrogen-bond donors (Lipinski definition) is 0. The van der Waals surface area contributed by atoms with Crippen LogP contribution in [0.2, 0.25) is 0 Å². The zero-order chi connectivity index (χ0) is 42.4. The average Bonchev–Trinajstić information content (AvgIpc) is 4.19. The summed E-state index contributed by atoms with van der Waals surface area (Å²) in [5.41, 5.74) is 6.75. The van der Waals surface area contributed by atoms with Gasteiger partial charge in [-0.15, -0.1) is 0 Å². The molecule has 0 spiro atoms. The highest BCUT2D eigenvalue weighted by molar-refractivity contribution is 5.89. The molecule has 2 aliphatic rings. The number of rotatable bonds is 7. The Kier molecular flexibility index (Phi) is 11.6. The smallest absolute Gasteiger partial charge is 0.254 e. The predicted octanol–water partition coefficient (Wildman–Crippen LogP) is 5.59. The fourth-order valence-electron chi connectivity index (χ4n) is 7.36. The summed E-state index contributed by atoms with van der Waals surface area (Å²) in [6.07, 6.45) is 12.5. The van der Waals surface area contributed by atoms with Gasteiger partial charge in [0.25, 0.3) is 5.95 Å². The summed E-state index contributed by atoms with van der Waals surface area (Å²) in [6.45, 7) is 9.72. The van der Waals surface area contributed by atoms with E-state index in [9.17, 15) is 0 Å². The van der Waals surface area contributed by atoms with Crippen molar-refractivity contribution in [2.24, 2.45) is 14.1 Å². The molecule has 2 aliphatic heterocycles. The van der Waals surface area contributed by atoms with Gasteiger partial charge in [-0.3, -0.25) is 9.97 Å². The van der Waals surface area contributed by atoms with Crippen molar-refractivity contribution < 1.29 is 9.47 Å².